The lowest BCUT2D eigenvalue weighted by atomic mass is 10.1. The van der Waals surface area contributed by atoms with Crippen LogP contribution in [0.5, 0.6) is 0 Å². The van der Waals surface area contributed by atoms with Crippen LogP contribution in [-0.4, -0.2) is 19.7 Å². The van der Waals surface area contributed by atoms with E-state index in [1.165, 1.54) is 4.68 Å². The predicted octanol–water partition coefficient (Wildman–Crippen LogP) is 2.36. The Morgan fingerprint density at radius 1 is 1.53 bits per heavy atom. The molecular formula is C10H10N4O2S. The summed E-state index contributed by atoms with van der Waals surface area (Å²) in [6, 6.07) is 5.10. The first kappa shape index (κ1) is 11.5. The van der Waals surface area contributed by atoms with Crippen LogP contribution in [0.4, 0.5) is 5.69 Å². The second-order valence-electron chi connectivity index (χ2n) is 3.64. The number of aromatic amines is 1. The lowest BCUT2D eigenvalue weighted by molar-refractivity contribution is -0.384. The second-order valence-corrected chi connectivity index (χ2v) is 4.01. The second kappa shape index (κ2) is 4.10. The molecule has 17 heavy (non-hydrogen) atoms. The molecule has 0 atom stereocenters. The lowest BCUT2D eigenvalue weighted by Crippen LogP contribution is -1.96. The maximum Gasteiger partial charge on any atom is 0.283 e. The Hall–Kier alpha value is -2.02. The van der Waals surface area contributed by atoms with Crippen LogP contribution in [-0.2, 0) is 7.05 Å². The lowest BCUT2D eigenvalue weighted by Gasteiger charge is -2.01. The summed E-state index contributed by atoms with van der Waals surface area (Å²) in [7, 11) is 1.71. The fourth-order valence-corrected chi connectivity index (χ4v) is 1.75. The van der Waals surface area contributed by atoms with Crippen LogP contribution >= 0.6 is 12.2 Å². The van der Waals surface area contributed by atoms with Crippen molar-refractivity contribution in [1.29, 1.82) is 0 Å². The highest BCUT2D eigenvalue weighted by molar-refractivity contribution is 7.71. The van der Waals surface area contributed by atoms with Crippen LogP contribution in [0.25, 0.3) is 11.4 Å². The fourth-order valence-electron chi connectivity index (χ4n) is 1.62. The average Bonchev–Trinajstić information content (AvgIpc) is 2.58. The molecule has 0 aliphatic rings. The SMILES string of the molecule is Cc1cccc(-c2nc(=S)n(C)[nH]2)c1[N+](=O)[O-]. The topological polar surface area (TPSA) is 76.8 Å². The van der Waals surface area contributed by atoms with E-state index in [9.17, 15) is 10.1 Å². The zero-order chi connectivity index (χ0) is 12.6. The van der Waals surface area contributed by atoms with Gasteiger partial charge in [-0.2, -0.15) is 4.98 Å². The molecule has 0 bridgehead atoms. The number of para-hydroxylation sites is 1. The van der Waals surface area contributed by atoms with Crippen molar-refractivity contribution in [2.75, 3.05) is 0 Å². The van der Waals surface area contributed by atoms with Crippen LogP contribution in [0.1, 0.15) is 5.56 Å². The number of H-pyrrole nitrogens is 1. The van der Waals surface area contributed by atoms with E-state index in [1.807, 2.05) is 0 Å². The number of hydrogen-bond donors (Lipinski definition) is 1. The van der Waals surface area contributed by atoms with Gasteiger partial charge in [-0.25, -0.2) is 0 Å². The average molecular weight is 250 g/mol. The third-order valence-corrected chi connectivity index (χ3v) is 2.81. The number of nitrogens with one attached hydrogen (secondary N) is 1. The maximum atomic E-state index is 11.0. The number of rotatable bonds is 2. The van der Waals surface area contributed by atoms with Gasteiger partial charge in [0.15, 0.2) is 5.82 Å². The summed E-state index contributed by atoms with van der Waals surface area (Å²) in [6.45, 7) is 1.69. The highest BCUT2D eigenvalue weighted by atomic mass is 32.1. The molecule has 1 aromatic heterocycles. The van der Waals surface area contributed by atoms with Crippen LogP contribution in [0.15, 0.2) is 18.2 Å². The molecule has 0 amide bonds. The molecule has 0 unspecified atom stereocenters. The number of nitro groups is 1. The molecule has 0 saturated carbocycles. The molecule has 0 radical (unpaired) electrons. The van der Waals surface area contributed by atoms with Crippen molar-refractivity contribution >= 4 is 17.9 Å². The highest BCUT2D eigenvalue weighted by Crippen LogP contribution is 2.30. The molecule has 2 rings (SSSR count). The van der Waals surface area contributed by atoms with Gasteiger partial charge < -0.3 is 0 Å². The van der Waals surface area contributed by atoms with Gasteiger partial charge in [0.1, 0.15) is 0 Å². The summed E-state index contributed by atoms with van der Waals surface area (Å²) in [4.78, 5) is 14.7. The van der Waals surface area contributed by atoms with Gasteiger partial charge >= 0.3 is 0 Å². The molecule has 7 heteroatoms. The van der Waals surface area contributed by atoms with Gasteiger partial charge in [-0.3, -0.25) is 19.9 Å². The van der Waals surface area contributed by atoms with Crippen molar-refractivity contribution in [3.05, 3.63) is 38.6 Å². The van der Waals surface area contributed by atoms with Gasteiger partial charge in [0.2, 0.25) is 4.77 Å². The van der Waals surface area contributed by atoms with Gasteiger partial charge in [-0.05, 0) is 25.2 Å². The number of benzene rings is 1. The fraction of sp³-hybridized carbons (Fsp3) is 0.200. The largest absolute Gasteiger partial charge is 0.283 e. The highest BCUT2D eigenvalue weighted by Gasteiger charge is 2.20. The molecule has 0 saturated heterocycles. The summed E-state index contributed by atoms with van der Waals surface area (Å²) in [5, 5.41) is 13.9. The molecule has 1 heterocycles. The Morgan fingerprint density at radius 2 is 2.24 bits per heavy atom. The van der Waals surface area contributed by atoms with Crippen LogP contribution in [0.3, 0.4) is 0 Å². The van der Waals surface area contributed by atoms with E-state index in [4.69, 9.17) is 12.2 Å². The molecule has 6 nitrogen and oxygen atoms in total. The molecule has 0 aliphatic carbocycles. The van der Waals surface area contributed by atoms with E-state index in [0.717, 1.165) is 0 Å². The first-order valence-corrected chi connectivity index (χ1v) is 5.29. The van der Waals surface area contributed by atoms with E-state index in [-0.39, 0.29) is 5.69 Å². The van der Waals surface area contributed by atoms with Crippen LogP contribution in [0.2, 0.25) is 0 Å². The maximum absolute atomic E-state index is 11.0. The Labute approximate surface area is 102 Å². The minimum atomic E-state index is -0.407. The molecule has 0 aliphatic heterocycles. The first-order chi connectivity index (χ1) is 8.00. The van der Waals surface area contributed by atoms with Crippen LogP contribution in [0, 0.1) is 21.8 Å². The third kappa shape index (κ3) is 1.96. The van der Waals surface area contributed by atoms with Crippen molar-refractivity contribution in [2.24, 2.45) is 7.05 Å². The number of hydrogen-bond acceptors (Lipinski definition) is 4. The monoisotopic (exact) mass is 250 g/mol. The smallest absolute Gasteiger partial charge is 0.279 e. The number of aryl methyl sites for hydroxylation is 2. The Bertz CT molecular complexity index is 644. The molecule has 0 spiro atoms. The van der Waals surface area contributed by atoms with Crippen molar-refractivity contribution in [2.45, 2.75) is 6.92 Å². The van der Waals surface area contributed by atoms with E-state index in [2.05, 4.69) is 10.1 Å². The summed E-state index contributed by atoms with van der Waals surface area (Å²) in [5.74, 6) is 0.410. The molecule has 2 aromatic rings. The molecule has 88 valence electrons. The standard InChI is InChI=1S/C10H10N4O2S/c1-6-4-3-5-7(8(6)14(15)16)9-11-10(17)13(2)12-9/h3-5H,1-2H3,(H,11,12,17). The molecule has 0 fully saturated rings. The summed E-state index contributed by atoms with van der Waals surface area (Å²) >= 11 is 4.97. The zero-order valence-electron chi connectivity index (χ0n) is 9.30. The van der Waals surface area contributed by atoms with Gasteiger partial charge in [0, 0.05) is 12.6 Å². The third-order valence-electron chi connectivity index (χ3n) is 2.44. The quantitative estimate of drug-likeness (QED) is 0.504. The van der Waals surface area contributed by atoms with Crippen molar-refractivity contribution in [3.63, 3.8) is 0 Å². The van der Waals surface area contributed by atoms with Crippen LogP contribution < -0.4 is 0 Å². The van der Waals surface area contributed by atoms with Crippen molar-refractivity contribution in [3.8, 4) is 11.4 Å². The Balaban J connectivity index is 2.71. The summed E-state index contributed by atoms with van der Waals surface area (Å²) in [5.41, 5.74) is 1.09. The predicted molar refractivity (Wildman–Crippen MR) is 65.2 cm³/mol. The Kier molecular flexibility index (Phi) is 2.76. The van der Waals surface area contributed by atoms with Crippen molar-refractivity contribution in [1.82, 2.24) is 14.8 Å². The minimum absolute atomic E-state index is 0.0526. The van der Waals surface area contributed by atoms with E-state index >= 15 is 0 Å². The molecule has 1 N–H and O–H groups in total. The first-order valence-electron chi connectivity index (χ1n) is 4.88. The number of nitro benzene ring substituents is 1. The van der Waals surface area contributed by atoms with Crippen molar-refractivity contribution < 1.29 is 4.92 Å². The minimum Gasteiger partial charge on any atom is -0.279 e. The summed E-state index contributed by atoms with van der Waals surface area (Å²) in [6.07, 6.45) is 0. The normalized spacial score (nSPS) is 10.5. The summed E-state index contributed by atoms with van der Waals surface area (Å²) < 4.78 is 1.90. The zero-order valence-corrected chi connectivity index (χ0v) is 10.1. The van der Waals surface area contributed by atoms with E-state index in [0.29, 0.717) is 21.7 Å². The van der Waals surface area contributed by atoms with E-state index in [1.54, 1.807) is 32.2 Å². The van der Waals surface area contributed by atoms with Gasteiger partial charge in [0.05, 0.1) is 10.5 Å². The Morgan fingerprint density at radius 3 is 2.76 bits per heavy atom. The van der Waals surface area contributed by atoms with E-state index < -0.39 is 4.92 Å². The molecule has 1 aromatic carbocycles. The van der Waals surface area contributed by atoms with Gasteiger partial charge in [-0.15, -0.1) is 0 Å². The number of aromatic nitrogens is 3. The number of nitrogens with zero attached hydrogens (tertiary/aromatic N) is 3. The van der Waals surface area contributed by atoms with Gasteiger partial charge in [0.25, 0.3) is 5.69 Å². The van der Waals surface area contributed by atoms with Gasteiger partial charge in [-0.1, -0.05) is 12.1 Å². The molecular weight excluding hydrogens is 240 g/mol.